The van der Waals surface area contributed by atoms with Gasteiger partial charge in [0, 0.05) is 17.1 Å². The molecule has 98 valence electrons. The molecule has 1 N–H and O–H groups in total. The number of carbonyl (C=O) groups is 1. The van der Waals surface area contributed by atoms with Crippen LogP contribution in [0.1, 0.15) is 21.5 Å². The molecule has 0 radical (unpaired) electrons. The molecule has 0 aliphatic heterocycles. The highest BCUT2D eigenvalue weighted by molar-refractivity contribution is 6.30. The molecule has 0 spiro atoms. The topological polar surface area (TPSA) is 29.1 Å². The quantitative estimate of drug-likeness (QED) is 0.906. The molecule has 2 aromatic rings. The van der Waals surface area contributed by atoms with Crippen LogP contribution in [-0.4, -0.2) is 12.5 Å². The average Bonchev–Trinajstić information content (AvgIpc) is 2.39. The van der Waals surface area contributed by atoms with Gasteiger partial charge < -0.3 is 5.32 Å². The second-order valence-electron chi connectivity index (χ2n) is 4.50. The molecule has 0 saturated carbocycles. The molecule has 0 unspecified atom stereocenters. The number of amides is 1. The van der Waals surface area contributed by atoms with Gasteiger partial charge in [0.25, 0.3) is 5.91 Å². The van der Waals surface area contributed by atoms with Gasteiger partial charge in [-0.3, -0.25) is 4.79 Å². The zero-order valence-corrected chi connectivity index (χ0v) is 11.6. The summed E-state index contributed by atoms with van der Waals surface area (Å²) in [4.78, 5) is 11.9. The van der Waals surface area contributed by atoms with E-state index >= 15 is 0 Å². The van der Waals surface area contributed by atoms with Crippen LogP contribution in [0.15, 0.2) is 48.5 Å². The highest BCUT2D eigenvalue weighted by Gasteiger charge is 2.04. The summed E-state index contributed by atoms with van der Waals surface area (Å²) < 4.78 is 0. The molecule has 2 aromatic carbocycles. The van der Waals surface area contributed by atoms with E-state index in [1.54, 1.807) is 0 Å². The number of hydrogen-bond acceptors (Lipinski definition) is 1. The number of aryl methyl sites for hydroxylation is 1. The Bertz CT molecular complexity index is 563. The van der Waals surface area contributed by atoms with Gasteiger partial charge >= 0.3 is 0 Å². The summed E-state index contributed by atoms with van der Waals surface area (Å²) in [6, 6.07) is 15.2. The maximum absolute atomic E-state index is 11.9. The zero-order chi connectivity index (χ0) is 13.7. The van der Waals surface area contributed by atoms with Gasteiger partial charge in [-0.05, 0) is 43.2 Å². The zero-order valence-electron chi connectivity index (χ0n) is 10.8. The van der Waals surface area contributed by atoms with Gasteiger partial charge in [0.05, 0.1) is 0 Å². The molecular formula is C16H16ClNO. The first-order chi connectivity index (χ1) is 9.15. The summed E-state index contributed by atoms with van der Waals surface area (Å²) >= 11 is 5.91. The number of rotatable bonds is 4. The van der Waals surface area contributed by atoms with E-state index in [1.165, 1.54) is 0 Å². The van der Waals surface area contributed by atoms with Crippen LogP contribution in [0, 0.1) is 6.92 Å². The number of carbonyl (C=O) groups excluding carboxylic acids is 1. The third kappa shape index (κ3) is 4.11. The van der Waals surface area contributed by atoms with Gasteiger partial charge in [-0.1, -0.05) is 41.4 Å². The predicted molar refractivity (Wildman–Crippen MR) is 78.7 cm³/mol. The van der Waals surface area contributed by atoms with Crippen LogP contribution in [0.2, 0.25) is 5.02 Å². The molecule has 2 rings (SSSR count). The summed E-state index contributed by atoms with van der Waals surface area (Å²) in [7, 11) is 0. The van der Waals surface area contributed by atoms with Crippen molar-refractivity contribution in [3.63, 3.8) is 0 Å². The van der Waals surface area contributed by atoms with Gasteiger partial charge in [0.1, 0.15) is 0 Å². The number of benzene rings is 2. The third-order valence-electron chi connectivity index (χ3n) is 2.90. The van der Waals surface area contributed by atoms with E-state index in [0.29, 0.717) is 12.1 Å². The molecule has 0 fully saturated rings. The largest absolute Gasteiger partial charge is 0.352 e. The third-order valence-corrected chi connectivity index (χ3v) is 3.14. The summed E-state index contributed by atoms with van der Waals surface area (Å²) in [5.41, 5.74) is 2.96. The van der Waals surface area contributed by atoms with E-state index in [9.17, 15) is 4.79 Å². The number of halogens is 1. The lowest BCUT2D eigenvalue weighted by Gasteiger charge is -2.06. The van der Waals surface area contributed by atoms with E-state index in [-0.39, 0.29) is 5.91 Å². The fourth-order valence-electron chi connectivity index (χ4n) is 1.82. The van der Waals surface area contributed by atoms with Crippen molar-refractivity contribution in [3.05, 3.63) is 70.2 Å². The second kappa shape index (κ2) is 6.39. The smallest absolute Gasteiger partial charge is 0.251 e. The molecule has 2 nitrogen and oxygen atoms in total. The van der Waals surface area contributed by atoms with Crippen molar-refractivity contribution in [3.8, 4) is 0 Å². The normalized spacial score (nSPS) is 10.2. The Morgan fingerprint density at radius 1 is 1.16 bits per heavy atom. The maximum Gasteiger partial charge on any atom is 0.251 e. The lowest BCUT2D eigenvalue weighted by Crippen LogP contribution is -2.25. The van der Waals surface area contributed by atoms with Crippen molar-refractivity contribution in [1.29, 1.82) is 0 Å². The first-order valence-electron chi connectivity index (χ1n) is 6.24. The Kier molecular flexibility index (Phi) is 4.58. The fraction of sp³-hybridized carbons (Fsp3) is 0.188. The van der Waals surface area contributed by atoms with Crippen molar-refractivity contribution in [2.24, 2.45) is 0 Å². The monoisotopic (exact) mass is 273 g/mol. The van der Waals surface area contributed by atoms with Crippen molar-refractivity contribution in [2.45, 2.75) is 13.3 Å². The van der Waals surface area contributed by atoms with E-state index in [1.807, 2.05) is 55.5 Å². The molecule has 0 saturated heterocycles. The van der Waals surface area contributed by atoms with Crippen LogP contribution in [0.25, 0.3) is 0 Å². The predicted octanol–water partition coefficient (Wildman–Crippen LogP) is 3.62. The molecule has 19 heavy (non-hydrogen) atoms. The van der Waals surface area contributed by atoms with Gasteiger partial charge in [0.2, 0.25) is 0 Å². The van der Waals surface area contributed by atoms with Gasteiger partial charge in [-0.2, -0.15) is 0 Å². The Morgan fingerprint density at radius 2 is 1.89 bits per heavy atom. The lowest BCUT2D eigenvalue weighted by molar-refractivity contribution is 0.0954. The number of nitrogens with one attached hydrogen (secondary N) is 1. The molecule has 3 heteroatoms. The van der Waals surface area contributed by atoms with Crippen LogP contribution >= 0.6 is 11.6 Å². The van der Waals surface area contributed by atoms with Crippen LogP contribution in [0.3, 0.4) is 0 Å². The Hall–Kier alpha value is -1.80. The highest BCUT2D eigenvalue weighted by atomic mass is 35.5. The summed E-state index contributed by atoms with van der Waals surface area (Å²) in [5, 5.41) is 3.63. The first-order valence-corrected chi connectivity index (χ1v) is 6.62. The standard InChI is InChI=1S/C16H16ClNO/c1-12-5-7-14(8-6-12)16(19)18-10-9-13-3-2-4-15(17)11-13/h2-8,11H,9-10H2,1H3,(H,18,19). The molecular weight excluding hydrogens is 258 g/mol. The van der Waals surface area contributed by atoms with Crippen molar-refractivity contribution < 1.29 is 4.79 Å². The molecule has 0 aliphatic rings. The minimum atomic E-state index is -0.0398. The van der Waals surface area contributed by atoms with Crippen LogP contribution in [0.4, 0.5) is 0 Å². The van der Waals surface area contributed by atoms with Gasteiger partial charge in [-0.15, -0.1) is 0 Å². The number of hydrogen-bond donors (Lipinski definition) is 1. The van der Waals surface area contributed by atoms with Crippen LogP contribution in [0.5, 0.6) is 0 Å². The molecule has 0 aliphatic carbocycles. The van der Waals surface area contributed by atoms with Gasteiger partial charge in [-0.25, -0.2) is 0 Å². The van der Waals surface area contributed by atoms with Crippen molar-refractivity contribution in [1.82, 2.24) is 5.32 Å². The minimum absolute atomic E-state index is 0.0398. The molecule has 0 bridgehead atoms. The van der Waals surface area contributed by atoms with Crippen LogP contribution < -0.4 is 5.32 Å². The SMILES string of the molecule is Cc1ccc(C(=O)NCCc2cccc(Cl)c2)cc1. The highest BCUT2D eigenvalue weighted by Crippen LogP contribution is 2.10. The molecule has 0 aromatic heterocycles. The summed E-state index contributed by atoms with van der Waals surface area (Å²) in [5.74, 6) is -0.0398. The average molecular weight is 274 g/mol. The maximum atomic E-state index is 11.9. The Labute approximate surface area is 118 Å². The van der Waals surface area contributed by atoms with Gasteiger partial charge in [0.15, 0.2) is 0 Å². The van der Waals surface area contributed by atoms with E-state index in [2.05, 4.69) is 5.32 Å². The van der Waals surface area contributed by atoms with E-state index in [4.69, 9.17) is 11.6 Å². The van der Waals surface area contributed by atoms with Crippen molar-refractivity contribution >= 4 is 17.5 Å². The fourth-order valence-corrected chi connectivity index (χ4v) is 2.03. The van der Waals surface area contributed by atoms with E-state index in [0.717, 1.165) is 22.6 Å². The lowest BCUT2D eigenvalue weighted by atomic mass is 10.1. The summed E-state index contributed by atoms with van der Waals surface area (Å²) in [6.07, 6.45) is 0.776. The van der Waals surface area contributed by atoms with E-state index < -0.39 is 0 Å². The Morgan fingerprint density at radius 3 is 2.58 bits per heavy atom. The second-order valence-corrected chi connectivity index (χ2v) is 4.94. The molecule has 0 atom stereocenters. The molecule has 1 amide bonds. The van der Waals surface area contributed by atoms with Crippen LogP contribution in [-0.2, 0) is 6.42 Å². The Balaban J connectivity index is 1.86. The summed E-state index contributed by atoms with van der Waals surface area (Å²) in [6.45, 7) is 2.61. The first kappa shape index (κ1) is 13.6. The minimum Gasteiger partial charge on any atom is -0.352 e. The van der Waals surface area contributed by atoms with Crippen molar-refractivity contribution in [2.75, 3.05) is 6.54 Å². The molecule has 0 heterocycles.